The Bertz CT molecular complexity index is 823. The van der Waals surface area contributed by atoms with Crippen LogP contribution in [-0.2, 0) is 0 Å². The first-order chi connectivity index (χ1) is 9.75. The van der Waals surface area contributed by atoms with Gasteiger partial charge in [0.2, 0.25) is 0 Å². The Morgan fingerprint density at radius 2 is 1.85 bits per heavy atom. The molecule has 2 aliphatic rings. The molecule has 0 aromatic heterocycles. The van der Waals surface area contributed by atoms with Crippen molar-refractivity contribution in [3.8, 4) is 11.5 Å². The summed E-state index contributed by atoms with van der Waals surface area (Å²) in [6.07, 6.45) is 4.88. The highest BCUT2D eigenvalue weighted by atomic mass is 16.3. The Kier molecular flexibility index (Phi) is 2.49. The SMILES string of the molecule is Oc1ccc2c3c(ccc2c1O)=NCC1CCCCC=31. The van der Waals surface area contributed by atoms with Crippen LogP contribution in [0, 0.1) is 5.92 Å². The van der Waals surface area contributed by atoms with Crippen molar-refractivity contribution >= 4 is 16.3 Å². The smallest absolute Gasteiger partial charge is 0.165 e. The molecule has 1 fully saturated rings. The van der Waals surface area contributed by atoms with Gasteiger partial charge in [0.1, 0.15) is 0 Å². The molecule has 1 saturated carbocycles. The molecule has 0 radical (unpaired) electrons. The highest BCUT2D eigenvalue weighted by molar-refractivity contribution is 5.91. The maximum Gasteiger partial charge on any atom is 0.165 e. The van der Waals surface area contributed by atoms with Gasteiger partial charge in [-0.2, -0.15) is 0 Å². The number of aromatic hydroxyl groups is 2. The Balaban J connectivity index is 2.18. The minimum Gasteiger partial charge on any atom is -0.504 e. The summed E-state index contributed by atoms with van der Waals surface area (Å²) < 4.78 is 0. The van der Waals surface area contributed by atoms with E-state index >= 15 is 0 Å². The molecule has 1 aliphatic carbocycles. The van der Waals surface area contributed by atoms with Crippen molar-refractivity contribution in [2.24, 2.45) is 10.9 Å². The van der Waals surface area contributed by atoms with E-state index in [1.165, 1.54) is 30.1 Å². The molecule has 1 heterocycles. The van der Waals surface area contributed by atoms with Crippen LogP contribution in [-0.4, -0.2) is 16.8 Å². The minimum atomic E-state index is -0.0598. The lowest BCUT2D eigenvalue weighted by atomic mass is 9.81. The molecule has 2 aromatic carbocycles. The average molecular weight is 267 g/mol. The van der Waals surface area contributed by atoms with E-state index in [1.807, 2.05) is 18.2 Å². The van der Waals surface area contributed by atoms with Crippen molar-refractivity contribution in [1.29, 1.82) is 0 Å². The van der Waals surface area contributed by atoms with Crippen molar-refractivity contribution in [2.45, 2.75) is 25.7 Å². The maximum absolute atomic E-state index is 10.1. The van der Waals surface area contributed by atoms with E-state index in [1.54, 1.807) is 6.07 Å². The summed E-state index contributed by atoms with van der Waals surface area (Å²) in [4.78, 5) is 4.71. The van der Waals surface area contributed by atoms with Crippen LogP contribution < -0.4 is 10.6 Å². The van der Waals surface area contributed by atoms with E-state index in [9.17, 15) is 10.2 Å². The van der Waals surface area contributed by atoms with Crippen molar-refractivity contribution in [2.75, 3.05) is 6.54 Å². The molecule has 3 nitrogen and oxygen atoms in total. The second kappa shape index (κ2) is 4.23. The Hall–Kier alpha value is -2.03. The van der Waals surface area contributed by atoms with Crippen LogP contribution in [0.5, 0.6) is 11.5 Å². The largest absolute Gasteiger partial charge is 0.504 e. The number of phenolic OH excluding ortho intramolecular Hbond substituents is 2. The number of benzene rings is 2. The third-order valence-corrected chi connectivity index (χ3v) is 4.67. The summed E-state index contributed by atoms with van der Waals surface area (Å²) in [5, 5.41) is 23.7. The van der Waals surface area contributed by atoms with E-state index in [4.69, 9.17) is 4.99 Å². The molecular weight excluding hydrogens is 250 g/mol. The lowest BCUT2D eigenvalue weighted by molar-refractivity contribution is 0.408. The number of phenols is 2. The molecule has 3 heteroatoms. The van der Waals surface area contributed by atoms with Crippen molar-refractivity contribution in [3.63, 3.8) is 0 Å². The highest BCUT2D eigenvalue weighted by Gasteiger charge is 2.23. The van der Waals surface area contributed by atoms with Gasteiger partial charge < -0.3 is 10.2 Å². The molecule has 2 aromatic rings. The third kappa shape index (κ3) is 1.56. The topological polar surface area (TPSA) is 52.8 Å². The molecule has 0 bridgehead atoms. The first-order valence-electron chi connectivity index (χ1n) is 7.27. The fraction of sp³-hybridized carbons (Fsp3) is 0.353. The number of fused-ring (bicyclic) bond motifs is 4. The zero-order valence-electron chi connectivity index (χ0n) is 11.3. The lowest BCUT2D eigenvalue weighted by Crippen LogP contribution is -2.36. The molecule has 102 valence electrons. The summed E-state index contributed by atoms with van der Waals surface area (Å²) in [6, 6.07) is 7.30. The Morgan fingerprint density at radius 3 is 2.75 bits per heavy atom. The van der Waals surface area contributed by atoms with Gasteiger partial charge in [-0.05, 0) is 48.9 Å². The molecule has 0 spiro atoms. The first-order valence-corrected chi connectivity index (χ1v) is 7.27. The van der Waals surface area contributed by atoms with Crippen LogP contribution in [0.1, 0.15) is 25.7 Å². The van der Waals surface area contributed by atoms with Crippen LogP contribution >= 0.6 is 0 Å². The molecule has 0 saturated heterocycles. The molecule has 0 amide bonds. The Labute approximate surface area is 116 Å². The van der Waals surface area contributed by atoms with E-state index in [-0.39, 0.29) is 11.5 Å². The predicted octanol–water partition coefficient (Wildman–Crippen LogP) is 2.23. The number of hydrogen-bond donors (Lipinski definition) is 2. The minimum absolute atomic E-state index is 0.0242. The van der Waals surface area contributed by atoms with Gasteiger partial charge in [-0.1, -0.05) is 12.0 Å². The molecule has 1 atom stereocenters. The van der Waals surface area contributed by atoms with Crippen molar-refractivity contribution in [1.82, 2.24) is 0 Å². The first kappa shape index (κ1) is 11.8. The molecule has 1 unspecified atom stereocenters. The van der Waals surface area contributed by atoms with Crippen LogP contribution in [0.4, 0.5) is 0 Å². The fourth-order valence-corrected chi connectivity index (χ4v) is 3.66. The van der Waals surface area contributed by atoms with Gasteiger partial charge in [0.15, 0.2) is 11.5 Å². The van der Waals surface area contributed by atoms with Gasteiger partial charge in [0, 0.05) is 23.1 Å². The summed E-state index contributed by atoms with van der Waals surface area (Å²) in [7, 11) is 0. The quantitative estimate of drug-likeness (QED) is 0.719. The highest BCUT2D eigenvalue weighted by Crippen LogP contribution is 2.34. The van der Waals surface area contributed by atoms with Crippen LogP contribution in [0.15, 0.2) is 29.3 Å². The zero-order valence-corrected chi connectivity index (χ0v) is 11.3. The normalized spacial score (nSPS) is 21.2. The fourth-order valence-electron chi connectivity index (χ4n) is 3.66. The summed E-state index contributed by atoms with van der Waals surface area (Å²) >= 11 is 0. The second-order valence-corrected chi connectivity index (χ2v) is 5.80. The third-order valence-electron chi connectivity index (χ3n) is 4.67. The van der Waals surface area contributed by atoms with Gasteiger partial charge >= 0.3 is 0 Å². The number of rotatable bonds is 0. The molecular formula is C17H17NO2. The van der Waals surface area contributed by atoms with E-state index in [0.717, 1.165) is 29.1 Å². The molecule has 1 aliphatic heterocycles. The van der Waals surface area contributed by atoms with Crippen LogP contribution in [0.25, 0.3) is 16.3 Å². The number of nitrogens with zero attached hydrogens (tertiary/aromatic N) is 1. The predicted molar refractivity (Wildman–Crippen MR) is 78.3 cm³/mol. The summed E-state index contributed by atoms with van der Waals surface area (Å²) in [6.45, 7) is 0.901. The van der Waals surface area contributed by atoms with Gasteiger partial charge in [-0.25, -0.2) is 0 Å². The summed E-state index contributed by atoms with van der Waals surface area (Å²) in [5.74, 6) is 0.483. The molecule has 2 N–H and O–H groups in total. The molecule has 4 rings (SSSR count). The summed E-state index contributed by atoms with van der Waals surface area (Å²) in [5.41, 5.74) is 1.50. The average Bonchev–Trinajstić information content (AvgIpc) is 2.50. The van der Waals surface area contributed by atoms with Crippen LogP contribution in [0.3, 0.4) is 0 Å². The second-order valence-electron chi connectivity index (χ2n) is 5.80. The van der Waals surface area contributed by atoms with Gasteiger partial charge in [0.25, 0.3) is 0 Å². The van der Waals surface area contributed by atoms with E-state index in [0.29, 0.717) is 5.92 Å². The van der Waals surface area contributed by atoms with Gasteiger partial charge in [-0.15, -0.1) is 0 Å². The standard InChI is InChI=1S/C17H17NO2/c19-15-8-6-12-13(17(15)20)5-7-14-16(12)11-4-2-1-3-10(11)9-18-14/h5-8,10,19-20H,1-4,9H2. The van der Waals surface area contributed by atoms with Crippen molar-refractivity contribution in [3.05, 3.63) is 34.8 Å². The zero-order chi connectivity index (χ0) is 13.7. The Morgan fingerprint density at radius 1 is 1.00 bits per heavy atom. The van der Waals surface area contributed by atoms with Gasteiger partial charge in [0.05, 0.1) is 5.36 Å². The van der Waals surface area contributed by atoms with E-state index < -0.39 is 0 Å². The lowest BCUT2D eigenvalue weighted by Gasteiger charge is -2.27. The van der Waals surface area contributed by atoms with Gasteiger partial charge in [-0.3, -0.25) is 4.99 Å². The molecule has 20 heavy (non-hydrogen) atoms. The van der Waals surface area contributed by atoms with Crippen molar-refractivity contribution < 1.29 is 10.2 Å². The monoisotopic (exact) mass is 267 g/mol. The van der Waals surface area contributed by atoms with Crippen LogP contribution in [0.2, 0.25) is 0 Å². The maximum atomic E-state index is 10.1. The van der Waals surface area contributed by atoms with E-state index in [2.05, 4.69) is 0 Å². The number of hydrogen-bond acceptors (Lipinski definition) is 3.